The van der Waals surface area contributed by atoms with Crippen molar-refractivity contribution in [3.05, 3.63) is 58.7 Å². The Kier molecular flexibility index (Phi) is 2.94. The summed E-state index contributed by atoms with van der Waals surface area (Å²) in [6.45, 7) is 4.81. The molecule has 98 valence electrons. The lowest BCUT2D eigenvalue weighted by molar-refractivity contribution is 0.275. The number of aryl methyl sites for hydroxylation is 2. The molecule has 0 radical (unpaired) electrons. The van der Waals surface area contributed by atoms with Crippen LogP contribution in [-0.2, 0) is 6.42 Å². The Bertz CT molecular complexity index is 595. The SMILES string of the molecule is Cc1cc(C)c(OCC2Cc3ccccc32)c(N)c1. The van der Waals surface area contributed by atoms with Gasteiger partial charge in [-0.05, 0) is 48.6 Å². The van der Waals surface area contributed by atoms with Gasteiger partial charge in [-0.1, -0.05) is 30.3 Å². The molecular weight excluding hydrogens is 234 g/mol. The minimum atomic E-state index is 0.510. The number of ether oxygens (including phenoxy) is 1. The van der Waals surface area contributed by atoms with Crippen LogP contribution < -0.4 is 10.5 Å². The number of benzene rings is 2. The maximum atomic E-state index is 6.04. The van der Waals surface area contributed by atoms with Crippen LogP contribution in [0.3, 0.4) is 0 Å². The van der Waals surface area contributed by atoms with E-state index in [1.165, 1.54) is 16.7 Å². The highest BCUT2D eigenvalue weighted by Crippen LogP contribution is 2.36. The van der Waals surface area contributed by atoms with Gasteiger partial charge in [0.25, 0.3) is 0 Å². The normalized spacial score (nSPS) is 16.6. The van der Waals surface area contributed by atoms with E-state index in [9.17, 15) is 0 Å². The van der Waals surface area contributed by atoms with Crippen molar-refractivity contribution >= 4 is 5.69 Å². The van der Waals surface area contributed by atoms with Crippen LogP contribution in [0.2, 0.25) is 0 Å². The topological polar surface area (TPSA) is 35.2 Å². The van der Waals surface area contributed by atoms with Crippen molar-refractivity contribution in [2.45, 2.75) is 26.2 Å². The molecule has 0 saturated heterocycles. The predicted molar refractivity (Wildman–Crippen MR) is 78.7 cm³/mol. The van der Waals surface area contributed by atoms with Crippen molar-refractivity contribution in [3.8, 4) is 5.75 Å². The van der Waals surface area contributed by atoms with E-state index in [2.05, 4.69) is 37.3 Å². The smallest absolute Gasteiger partial charge is 0.145 e. The Balaban J connectivity index is 1.72. The van der Waals surface area contributed by atoms with Crippen molar-refractivity contribution in [2.24, 2.45) is 0 Å². The molecule has 0 bridgehead atoms. The summed E-state index contributed by atoms with van der Waals surface area (Å²) in [6, 6.07) is 12.7. The largest absolute Gasteiger partial charge is 0.491 e. The fourth-order valence-electron chi connectivity index (χ4n) is 2.88. The third-order valence-corrected chi connectivity index (χ3v) is 3.84. The highest BCUT2D eigenvalue weighted by Gasteiger charge is 2.26. The van der Waals surface area contributed by atoms with Crippen LogP contribution in [0.15, 0.2) is 36.4 Å². The molecular formula is C17H19NO. The number of hydrogen-bond acceptors (Lipinski definition) is 2. The summed E-state index contributed by atoms with van der Waals surface area (Å²) in [5.74, 6) is 1.35. The van der Waals surface area contributed by atoms with Gasteiger partial charge in [0.15, 0.2) is 0 Å². The van der Waals surface area contributed by atoms with Crippen LogP contribution in [0.5, 0.6) is 5.75 Å². The molecule has 2 aromatic rings. The second kappa shape index (κ2) is 4.61. The van der Waals surface area contributed by atoms with E-state index in [1.807, 2.05) is 13.0 Å². The fraction of sp³-hybridized carbons (Fsp3) is 0.294. The molecule has 2 nitrogen and oxygen atoms in total. The summed E-state index contributed by atoms with van der Waals surface area (Å²) < 4.78 is 5.96. The van der Waals surface area contributed by atoms with Gasteiger partial charge in [-0.15, -0.1) is 0 Å². The lowest BCUT2D eigenvalue weighted by Crippen LogP contribution is -2.23. The maximum Gasteiger partial charge on any atom is 0.145 e. The molecule has 19 heavy (non-hydrogen) atoms. The van der Waals surface area contributed by atoms with E-state index in [-0.39, 0.29) is 0 Å². The van der Waals surface area contributed by atoms with Crippen molar-refractivity contribution in [2.75, 3.05) is 12.3 Å². The molecule has 1 atom stereocenters. The van der Waals surface area contributed by atoms with E-state index in [1.54, 1.807) is 0 Å². The van der Waals surface area contributed by atoms with Crippen molar-refractivity contribution in [3.63, 3.8) is 0 Å². The van der Waals surface area contributed by atoms with Crippen LogP contribution in [0.4, 0.5) is 5.69 Å². The Morgan fingerprint density at radius 1 is 1.21 bits per heavy atom. The Morgan fingerprint density at radius 2 is 2.00 bits per heavy atom. The van der Waals surface area contributed by atoms with Crippen LogP contribution >= 0.6 is 0 Å². The number of hydrogen-bond donors (Lipinski definition) is 1. The molecule has 1 unspecified atom stereocenters. The van der Waals surface area contributed by atoms with Gasteiger partial charge in [0.2, 0.25) is 0 Å². The van der Waals surface area contributed by atoms with Crippen molar-refractivity contribution < 1.29 is 4.74 Å². The van der Waals surface area contributed by atoms with E-state index in [0.29, 0.717) is 12.5 Å². The van der Waals surface area contributed by atoms with Gasteiger partial charge in [-0.3, -0.25) is 0 Å². The average Bonchev–Trinajstić information content (AvgIpc) is 2.33. The van der Waals surface area contributed by atoms with Gasteiger partial charge < -0.3 is 10.5 Å². The maximum absolute atomic E-state index is 6.04. The zero-order valence-corrected chi connectivity index (χ0v) is 11.4. The summed E-state index contributed by atoms with van der Waals surface area (Å²) in [6.07, 6.45) is 1.11. The van der Waals surface area contributed by atoms with Gasteiger partial charge in [0, 0.05) is 5.92 Å². The minimum absolute atomic E-state index is 0.510. The third-order valence-electron chi connectivity index (χ3n) is 3.84. The van der Waals surface area contributed by atoms with E-state index in [0.717, 1.165) is 23.4 Å². The molecule has 1 aliphatic carbocycles. The number of nitrogens with two attached hydrogens (primary N) is 1. The zero-order chi connectivity index (χ0) is 13.4. The Morgan fingerprint density at radius 3 is 2.74 bits per heavy atom. The molecule has 0 spiro atoms. The summed E-state index contributed by atoms with van der Waals surface area (Å²) >= 11 is 0. The highest BCUT2D eigenvalue weighted by molar-refractivity contribution is 5.58. The number of anilines is 1. The lowest BCUT2D eigenvalue weighted by Gasteiger charge is -2.30. The summed E-state index contributed by atoms with van der Waals surface area (Å²) in [7, 11) is 0. The molecule has 0 fully saturated rings. The van der Waals surface area contributed by atoms with Gasteiger partial charge in [-0.25, -0.2) is 0 Å². The van der Waals surface area contributed by atoms with Crippen molar-refractivity contribution in [1.29, 1.82) is 0 Å². The first-order valence-corrected chi connectivity index (χ1v) is 6.72. The number of nitrogen functional groups attached to an aromatic ring is 1. The molecule has 2 aromatic carbocycles. The molecule has 0 saturated carbocycles. The Hall–Kier alpha value is -1.96. The van der Waals surface area contributed by atoms with E-state index >= 15 is 0 Å². The monoisotopic (exact) mass is 253 g/mol. The fourth-order valence-corrected chi connectivity index (χ4v) is 2.88. The van der Waals surface area contributed by atoms with E-state index < -0.39 is 0 Å². The molecule has 0 aromatic heterocycles. The number of fused-ring (bicyclic) bond motifs is 1. The second-order valence-corrected chi connectivity index (χ2v) is 5.41. The van der Waals surface area contributed by atoms with E-state index in [4.69, 9.17) is 10.5 Å². The summed E-state index contributed by atoms with van der Waals surface area (Å²) in [4.78, 5) is 0. The van der Waals surface area contributed by atoms with Gasteiger partial charge in [0.1, 0.15) is 5.75 Å². The Labute approximate surface area is 114 Å². The second-order valence-electron chi connectivity index (χ2n) is 5.41. The first-order valence-electron chi connectivity index (χ1n) is 6.72. The molecule has 0 aliphatic heterocycles. The summed E-state index contributed by atoms with van der Waals surface area (Å²) in [5.41, 5.74) is 11.9. The summed E-state index contributed by atoms with van der Waals surface area (Å²) in [5, 5.41) is 0. The minimum Gasteiger partial charge on any atom is -0.491 e. The number of rotatable bonds is 3. The third kappa shape index (κ3) is 2.19. The highest BCUT2D eigenvalue weighted by atomic mass is 16.5. The molecule has 3 rings (SSSR count). The van der Waals surface area contributed by atoms with Gasteiger partial charge in [-0.2, -0.15) is 0 Å². The van der Waals surface area contributed by atoms with Gasteiger partial charge >= 0.3 is 0 Å². The zero-order valence-electron chi connectivity index (χ0n) is 11.4. The van der Waals surface area contributed by atoms with Crippen LogP contribution in [0, 0.1) is 13.8 Å². The van der Waals surface area contributed by atoms with Gasteiger partial charge in [0.05, 0.1) is 12.3 Å². The predicted octanol–water partition coefficient (Wildman–Crippen LogP) is 3.60. The molecule has 0 heterocycles. The quantitative estimate of drug-likeness (QED) is 0.848. The average molecular weight is 253 g/mol. The van der Waals surface area contributed by atoms with Crippen molar-refractivity contribution in [1.82, 2.24) is 0 Å². The van der Waals surface area contributed by atoms with Crippen LogP contribution in [0.1, 0.15) is 28.2 Å². The first-order chi connectivity index (χ1) is 9.15. The molecule has 0 amide bonds. The first kappa shape index (κ1) is 12.1. The molecule has 1 aliphatic rings. The lowest BCUT2D eigenvalue weighted by atomic mass is 9.78. The standard InChI is InChI=1S/C17H19NO/c1-11-7-12(2)17(16(18)8-11)19-10-14-9-13-5-3-4-6-15(13)14/h3-8,14H,9-10,18H2,1-2H3. The van der Waals surface area contributed by atoms with Crippen LogP contribution in [-0.4, -0.2) is 6.61 Å². The molecule has 2 heteroatoms. The van der Waals surface area contributed by atoms with Crippen LogP contribution in [0.25, 0.3) is 0 Å². The molecule has 2 N–H and O–H groups in total.